The van der Waals surface area contributed by atoms with E-state index in [-0.39, 0.29) is 30.2 Å². The van der Waals surface area contributed by atoms with Gasteiger partial charge >= 0.3 is 17.9 Å². The number of hydrogen-bond acceptors (Lipinski definition) is 7. The van der Waals surface area contributed by atoms with Crippen molar-refractivity contribution >= 4 is 17.9 Å². The van der Waals surface area contributed by atoms with E-state index in [0.29, 0.717) is 24.7 Å². The molecule has 1 heterocycles. The van der Waals surface area contributed by atoms with Gasteiger partial charge in [-0.2, -0.15) is 0 Å². The highest BCUT2D eigenvalue weighted by Gasteiger charge is 2.63. The van der Waals surface area contributed by atoms with Crippen LogP contribution in [-0.2, 0) is 28.6 Å². The minimum absolute atomic E-state index is 0.0342. The maximum absolute atomic E-state index is 13.8. The van der Waals surface area contributed by atoms with Gasteiger partial charge in [0.2, 0.25) is 0 Å². The lowest BCUT2D eigenvalue weighted by molar-refractivity contribution is -0.237. The second-order valence-electron chi connectivity index (χ2n) is 14.5. The van der Waals surface area contributed by atoms with Crippen LogP contribution in [0.4, 0.5) is 0 Å². The molecule has 36 heavy (non-hydrogen) atoms. The van der Waals surface area contributed by atoms with E-state index >= 15 is 0 Å². The van der Waals surface area contributed by atoms with Crippen molar-refractivity contribution < 1.29 is 33.7 Å². The number of ether oxygens (including phenoxy) is 3. The fourth-order valence-corrected chi connectivity index (χ4v) is 8.04. The second-order valence-corrected chi connectivity index (χ2v) is 14.5. The molecule has 204 valence electrons. The average molecular weight is 507 g/mol. The summed E-state index contributed by atoms with van der Waals surface area (Å²) in [6.45, 7) is 14.8. The Hall–Kier alpha value is -1.63. The third kappa shape index (κ3) is 4.69. The van der Waals surface area contributed by atoms with Crippen LogP contribution in [0.1, 0.15) is 113 Å². The Morgan fingerprint density at radius 2 is 1.61 bits per heavy atom. The quantitative estimate of drug-likeness (QED) is 0.361. The maximum atomic E-state index is 13.8. The van der Waals surface area contributed by atoms with Gasteiger partial charge in [-0.3, -0.25) is 14.4 Å². The number of carbonyl (C=O) groups is 3. The maximum Gasteiger partial charge on any atom is 0.312 e. The van der Waals surface area contributed by atoms with Crippen molar-refractivity contribution in [2.24, 2.45) is 28.1 Å². The van der Waals surface area contributed by atoms with Crippen molar-refractivity contribution in [2.45, 2.75) is 136 Å². The Labute approximate surface area is 216 Å². The molecule has 0 aromatic rings. The third-order valence-electron chi connectivity index (χ3n) is 10.1. The van der Waals surface area contributed by atoms with Gasteiger partial charge in [0, 0.05) is 5.41 Å². The summed E-state index contributed by atoms with van der Waals surface area (Å²) >= 11 is 0. The van der Waals surface area contributed by atoms with Crippen LogP contribution in [0.25, 0.3) is 0 Å². The van der Waals surface area contributed by atoms with E-state index in [1.165, 1.54) is 6.42 Å². The van der Waals surface area contributed by atoms with Gasteiger partial charge in [-0.25, -0.2) is 0 Å². The van der Waals surface area contributed by atoms with Gasteiger partial charge in [-0.15, -0.1) is 0 Å². The predicted molar refractivity (Wildman–Crippen MR) is 134 cm³/mol. The first-order valence-corrected chi connectivity index (χ1v) is 13.7. The number of cyclic esters (lactones) is 1. The fraction of sp³-hybridized carbons (Fsp3) is 0.897. The lowest BCUT2D eigenvalue weighted by Gasteiger charge is -2.64. The molecule has 4 bridgehead atoms. The number of aliphatic hydroxyl groups is 1. The summed E-state index contributed by atoms with van der Waals surface area (Å²) in [5, 5.41) is 11.2. The number of rotatable bonds is 8. The van der Waals surface area contributed by atoms with Gasteiger partial charge in [-0.05, 0) is 112 Å². The van der Waals surface area contributed by atoms with Crippen LogP contribution in [0.5, 0.6) is 0 Å². The summed E-state index contributed by atoms with van der Waals surface area (Å²) in [7, 11) is 0. The molecule has 0 radical (unpaired) electrons. The van der Waals surface area contributed by atoms with Crippen LogP contribution in [0.2, 0.25) is 0 Å². The lowest BCUT2D eigenvalue weighted by Crippen LogP contribution is -2.63. The van der Waals surface area contributed by atoms with E-state index in [2.05, 4.69) is 0 Å². The molecular formula is C29H46O7. The lowest BCUT2D eigenvalue weighted by atomic mass is 9.44. The zero-order valence-electron chi connectivity index (χ0n) is 23.5. The largest absolute Gasteiger partial charge is 0.459 e. The molecule has 1 saturated heterocycles. The molecule has 5 aliphatic rings. The Bertz CT molecular complexity index is 918. The monoisotopic (exact) mass is 506 g/mol. The van der Waals surface area contributed by atoms with E-state index in [1.807, 2.05) is 27.7 Å². The first-order chi connectivity index (χ1) is 16.3. The number of carbonyl (C=O) groups excluding carboxylic acids is 3. The first-order valence-electron chi connectivity index (χ1n) is 13.7. The van der Waals surface area contributed by atoms with E-state index in [1.54, 1.807) is 27.7 Å². The molecule has 0 aromatic carbocycles. The molecule has 4 saturated carbocycles. The van der Waals surface area contributed by atoms with Gasteiger partial charge in [-0.1, -0.05) is 6.92 Å². The molecule has 4 unspecified atom stereocenters. The van der Waals surface area contributed by atoms with Gasteiger partial charge in [0.05, 0.1) is 22.9 Å². The number of esters is 3. The predicted octanol–water partition coefficient (Wildman–Crippen LogP) is 5.11. The van der Waals surface area contributed by atoms with Gasteiger partial charge in [0.25, 0.3) is 0 Å². The van der Waals surface area contributed by atoms with Crippen molar-refractivity contribution in [1.82, 2.24) is 0 Å². The normalized spacial score (nSPS) is 36.8. The smallest absolute Gasteiger partial charge is 0.312 e. The standard InChI is InChI=1S/C29H46O7/c1-9-27(8,16-24(2,3)22(31)34-20-11-21(30)35-25(20,4)5)23(32)36-26(6,7)28-12-18-10-19(13-28)15-29(33,14-18)17-28/h18-20,33H,9-17H2,1-8H3. The van der Waals surface area contributed by atoms with E-state index in [9.17, 15) is 19.5 Å². The van der Waals surface area contributed by atoms with Crippen molar-refractivity contribution in [1.29, 1.82) is 0 Å². The molecule has 5 fully saturated rings. The van der Waals surface area contributed by atoms with Crippen LogP contribution in [0.15, 0.2) is 0 Å². The Morgan fingerprint density at radius 1 is 1.03 bits per heavy atom. The Kier molecular flexibility index (Phi) is 6.42. The average Bonchev–Trinajstić information content (AvgIpc) is 2.96. The molecule has 5 rings (SSSR count). The molecule has 1 N–H and O–H groups in total. The summed E-state index contributed by atoms with van der Waals surface area (Å²) < 4.78 is 17.4. The molecule has 0 aromatic heterocycles. The Balaban J connectivity index is 1.47. The van der Waals surface area contributed by atoms with Gasteiger partial charge in [0.15, 0.2) is 6.10 Å². The third-order valence-corrected chi connectivity index (χ3v) is 10.1. The topological polar surface area (TPSA) is 99.1 Å². The first kappa shape index (κ1) is 27.4. The highest BCUT2D eigenvalue weighted by molar-refractivity contribution is 5.81. The van der Waals surface area contributed by atoms with Crippen LogP contribution < -0.4 is 0 Å². The number of hydrogen-bond donors (Lipinski definition) is 1. The molecule has 7 heteroatoms. The Morgan fingerprint density at radius 3 is 2.08 bits per heavy atom. The van der Waals surface area contributed by atoms with Crippen LogP contribution in [-0.4, -0.2) is 45.9 Å². The minimum Gasteiger partial charge on any atom is -0.459 e. The molecule has 0 amide bonds. The minimum atomic E-state index is -0.967. The molecular weight excluding hydrogens is 460 g/mol. The van der Waals surface area contributed by atoms with Crippen molar-refractivity contribution in [3.8, 4) is 0 Å². The highest BCUT2D eigenvalue weighted by Crippen LogP contribution is 2.65. The summed E-state index contributed by atoms with van der Waals surface area (Å²) in [6.07, 6.45) is 5.72. The summed E-state index contributed by atoms with van der Waals surface area (Å²) in [5.74, 6) is -0.145. The van der Waals surface area contributed by atoms with E-state index < -0.39 is 39.7 Å². The SMILES string of the molecule is CCC(C)(CC(C)(C)C(=O)OC1CC(=O)OC1(C)C)C(=O)OC(C)(C)C12CC3CC(CC(O)(C3)C1)C2. The summed E-state index contributed by atoms with van der Waals surface area (Å²) in [5.41, 5.74) is -4.30. The van der Waals surface area contributed by atoms with Gasteiger partial charge < -0.3 is 19.3 Å². The van der Waals surface area contributed by atoms with E-state index in [4.69, 9.17) is 14.2 Å². The highest BCUT2D eigenvalue weighted by atomic mass is 16.6. The molecule has 1 aliphatic heterocycles. The fourth-order valence-electron chi connectivity index (χ4n) is 8.04. The molecule has 7 nitrogen and oxygen atoms in total. The molecule has 4 aliphatic carbocycles. The second kappa shape index (κ2) is 8.44. The summed E-state index contributed by atoms with van der Waals surface area (Å²) in [6, 6.07) is 0. The van der Waals surface area contributed by atoms with E-state index in [0.717, 1.165) is 25.7 Å². The van der Waals surface area contributed by atoms with Crippen molar-refractivity contribution in [3.63, 3.8) is 0 Å². The van der Waals surface area contributed by atoms with Crippen LogP contribution in [0.3, 0.4) is 0 Å². The zero-order valence-corrected chi connectivity index (χ0v) is 23.5. The molecule has 0 spiro atoms. The van der Waals surface area contributed by atoms with Crippen LogP contribution in [0, 0.1) is 28.1 Å². The zero-order chi connectivity index (χ0) is 26.9. The molecule has 4 atom stereocenters. The van der Waals surface area contributed by atoms with Gasteiger partial charge in [0.1, 0.15) is 11.2 Å². The van der Waals surface area contributed by atoms with Crippen molar-refractivity contribution in [2.75, 3.05) is 0 Å². The summed E-state index contributed by atoms with van der Waals surface area (Å²) in [4.78, 5) is 38.7. The van der Waals surface area contributed by atoms with Crippen molar-refractivity contribution in [3.05, 3.63) is 0 Å². The van der Waals surface area contributed by atoms with Crippen LogP contribution >= 0.6 is 0 Å².